The third-order valence-corrected chi connectivity index (χ3v) is 2.64. The van der Waals surface area contributed by atoms with Crippen molar-refractivity contribution in [3.8, 4) is 11.1 Å². The predicted octanol–water partition coefficient (Wildman–Crippen LogP) is 2.99. The number of nitrogens with one attached hydrogen (secondary N) is 1. The molecule has 0 aliphatic rings. The highest BCUT2D eigenvalue weighted by atomic mass is 16.1. The third-order valence-electron chi connectivity index (χ3n) is 2.64. The summed E-state index contributed by atoms with van der Waals surface area (Å²) in [5.41, 5.74) is 2.61. The summed E-state index contributed by atoms with van der Waals surface area (Å²) in [6.07, 6.45) is 1.77. The molecule has 0 unspecified atom stereocenters. The summed E-state index contributed by atoms with van der Waals surface area (Å²) in [4.78, 5) is 15.8. The van der Waals surface area contributed by atoms with Crippen LogP contribution in [0.4, 0.5) is 5.82 Å². The Hall–Kier alpha value is -2.16. The molecular weight excluding hydrogens is 212 g/mol. The van der Waals surface area contributed by atoms with Gasteiger partial charge < -0.3 is 5.32 Å². The maximum absolute atomic E-state index is 11.5. The SMILES string of the molecule is CNc1ccc(-c2ccccc2C(C)=O)cn1. The number of aromatic nitrogens is 1. The lowest BCUT2D eigenvalue weighted by Gasteiger charge is -2.07. The number of benzene rings is 1. The van der Waals surface area contributed by atoms with Crippen molar-refractivity contribution >= 4 is 11.6 Å². The Morgan fingerprint density at radius 2 is 1.94 bits per heavy atom. The molecule has 0 atom stereocenters. The smallest absolute Gasteiger partial charge is 0.160 e. The first-order valence-electron chi connectivity index (χ1n) is 5.46. The largest absolute Gasteiger partial charge is 0.373 e. The molecule has 0 radical (unpaired) electrons. The van der Waals surface area contributed by atoms with Crippen molar-refractivity contribution in [2.75, 3.05) is 12.4 Å². The van der Waals surface area contributed by atoms with Crippen molar-refractivity contribution in [1.29, 1.82) is 0 Å². The second kappa shape index (κ2) is 4.78. The van der Waals surface area contributed by atoms with Crippen LogP contribution in [-0.4, -0.2) is 17.8 Å². The van der Waals surface area contributed by atoms with Crippen LogP contribution in [0.3, 0.4) is 0 Å². The van der Waals surface area contributed by atoms with Crippen LogP contribution < -0.4 is 5.32 Å². The maximum atomic E-state index is 11.5. The van der Waals surface area contributed by atoms with Crippen LogP contribution in [-0.2, 0) is 0 Å². The minimum Gasteiger partial charge on any atom is -0.373 e. The number of Topliss-reactive ketones (excluding diaryl/α,β-unsaturated/α-hetero) is 1. The van der Waals surface area contributed by atoms with Gasteiger partial charge in [0.1, 0.15) is 5.82 Å². The quantitative estimate of drug-likeness (QED) is 0.818. The third kappa shape index (κ3) is 2.33. The van der Waals surface area contributed by atoms with E-state index in [9.17, 15) is 4.79 Å². The van der Waals surface area contributed by atoms with Crippen LogP contribution in [0.15, 0.2) is 42.6 Å². The fourth-order valence-corrected chi connectivity index (χ4v) is 1.74. The number of nitrogens with zero attached hydrogens (tertiary/aromatic N) is 1. The Morgan fingerprint density at radius 1 is 1.18 bits per heavy atom. The molecule has 0 amide bonds. The summed E-state index contributed by atoms with van der Waals surface area (Å²) in [5.74, 6) is 0.882. The van der Waals surface area contributed by atoms with Crippen LogP contribution >= 0.6 is 0 Å². The van der Waals surface area contributed by atoms with Crippen LogP contribution in [0.2, 0.25) is 0 Å². The van der Waals surface area contributed by atoms with Crippen LogP contribution in [0.5, 0.6) is 0 Å². The zero-order chi connectivity index (χ0) is 12.3. The molecule has 2 aromatic rings. The van der Waals surface area contributed by atoms with Crippen LogP contribution in [0.1, 0.15) is 17.3 Å². The molecule has 17 heavy (non-hydrogen) atoms. The number of hydrogen-bond donors (Lipinski definition) is 1. The average Bonchev–Trinajstić information content (AvgIpc) is 2.39. The molecule has 0 aliphatic heterocycles. The summed E-state index contributed by atoms with van der Waals surface area (Å²) < 4.78 is 0. The Labute approximate surface area is 101 Å². The Bertz CT molecular complexity index is 532. The molecule has 2 rings (SSSR count). The van der Waals surface area contributed by atoms with Gasteiger partial charge in [0.25, 0.3) is 0 Å². The molecule has 0 bridgehead atoms. The summed E-state index contributed by atoms with van der Waals surface area (Å²) in [6, 6.07) is 11.4. The number of pyridine rings is 1. The Balaban J connectivity index is 2.48. The zero-order valence-corrected chi connectivity index (χ0v) is 9.90. The van der Waals surface area contributed by atoms with Crippen molar-refractivity contribution in [2.24, 2.45) is 0 Å². The van der Waals surface area contributed by atoms with Gasteiger partial charge in [-0.2, -0.15) is 0 Å². The number of rotatable bonds is 3. The van der Waals surface area contributed by atoms with Gasteiger partial charge in [0.2, 0.25) is 0 Å². The summed E-state index contributed by atoms with van der Waals surface area (Å²) in [7, 11) is 1.82. The maximum Gasteiger partial charge on any atom is 0.160 e. The van der Waals surface area contributed by atoms with Gasteiger partial charge in [0, 0.05) is 24.4 Å². The predicted molar refractivity (Wildman–Crippen MR) is 69.2 cm³/mol. The molecule has 0 spiro atoms. The fourth-order valence-electron chi connectivity index (χ4n) is 1.74. The van der Waals surface area contributed by atoms with Crippen molar-refractivity contribution in [3.63, 3.8) is 0 Å². The second-order valence-electron chi connectivity index (χ2n) is 3.78. The molecule has 0 aliphatic carbocycles. The topological polar surface area (TPSA) is 42.0 Å². The molecule has 0 saturated heterocycles. The lowest BCUT2D eigenvalue weighted by atomic mass is 9.99. The number of ketones is 1. The van der Waals surface area contributed by atoms with E-state index in [0.717, 1.165) is 22.5 Å². The first-order valence-corrected chi connectivity index (χ1v) is 5.46. The Kier molecular flexibility index (Phi) is 3.19. The molecular formula is C14H14N2O. The van der Waals surface area contributed by atoms with E-state index in [-0.39, 0.29) is 5.78 Å². The van der Waals surface area contributed by atoms with E-state index in [1.54, 1.807) is 13.1 Å². The van der Waals surface area contributed by atoms with Gasteiger partial charge in [-0.1, -0.05) is 24.3 Å². The van der Waals surface area contributed by atoms with Gasteiger partial charge in [-0.05, 0) is 24.6 Å². The van der Waals surface area contributed by atoms with E-state index in [2.05, 4.69) is 10.3 Å². The second-order valence-corrected chi connectivity index (χ2v) is 3.78. The number of carbonyl (C=O) groups is 1. The molecule has 0 saturated carbocycles. The summed E-state index contributed by atoms with van der Waals surface area (Å²) >= 11 is 0. The van der Waals surface area contributed by atoms with E-state index in [0.29, 0.717) is 0 Å². The number of carbonyl (C=O) groups excluding carboxylic acids is 1. The van der Waals surface area contributed by atoms with Gasteiger partial charge in [-0.25, -0.2) is 4.98 Å². The van der Waals surface area contributed by atoms with Gasteiger partial charge in [-0.15, -0.1) is 0 Å². The molecule has 1 N–H and O–H groups in total. The van der Waals surface area contributed by atoms with E-state index in [1.807, 2.05) is 43.4 Å². The molecule has 1 aromatic heterocycles. The lowest BCUT2D eigenvalue weighted by molar-refractivity contribution is 0.101. The summed E-state index contributed by atoms with van der Waals surface area (Å²) in [6.45, 7) is 1.58. The first kappa shape index (κ1) is 11.3. The van der Waals surface area contributed by atoms with Crippen molar-refractivity contribution in [3.05, 3.63) is 48.2 Å². The zero-order valence-electron chi connectivity index (χ0n) is 9.90. The standard InChI is InChI=1S/C14H14N2O/c1-10(17)12-5-3-4-6-13(12)11-7-8-14(15-2)16-9-11/h3-9H,1-2H3,(H,15,16). The van der Waals surface area contributed by atoms with Crippen molar-refractivity contribution in [1.82, 2.24) is 4.98 Å². The van der Waals surface area contributed by atoms with Gasteiger partial charge in [0.15, 0.2) is 5.78 Å². The lowest BCUT2D eigenvalue weighted by Crippen LogP contribution is -1.97. The van der Waals surface area contributed by atoms with Crippen molar-refractivity contribution < 1.29 is 4.79 Å². The van der Waals surface area contributed by atoms with Crippen LogP contribution in [0.25, 0.3) is 11.1 Å². The van der Waals surface area contributed by atoms with E-state index < -0.39 is 0 Å². The van der Waals surface area contributed by atoms with E-state index in [1.165, 1.54) is 0 Å². The van der Waals surface area contributed by atoms with E-state index >= 15 is 0 Å². The van der Waals surface area contributed by atoms with Crippen molar-refractivity contribution in [2.45, 2.75) is 6.92 Å². The molecule has 86 valence electrons. The normalized spacial score (nSPS) is 10.0. The minimum absolute atomic E-state index is 0.0679. The molecule has 3 heteroatoms. The monoisotopic (exact) mass is 226 g/mol. The molecule has 1 heterocycles. The molecule has 1 aromatic carbocycles. The van der Waals surface area contributed by atoms with Crippen LogP contribution in [0, 0.1) is 0 Å². The first-order chi connectivity index (χ1) is 8.22. The number of anilines is 1. The van der Waals surface area contributed by atoms with E-state index in [4.69, 9.17) is 0 Å². The minimum atomic E-state index is 0.0679. The number of hydrogen-bond acceptors (Lipinski definition) is 3. The van der Waals surface area contributed by atoms with Gasteiger partial charge in [0.05, 0.1) is 0 Å². The highest BCUT2D eigenvalue weighted by Crippen LogP contribution is 2.24. The highest BCUT2D eigenvalue weighted by molar-refractivity contribution is 6.00. The molecule has 3 nitrogen and oxygen atoms in total. The fraction of sp³-hybridized carbons (Fsp3) is 0.143. The van der Waals surface area contributed by atoms with Gasteiger partial charge >= 0.3 is 0 Å². The Morgan fingerprint density at radius 3 is 2.53 bits per heavy atom. The highest BCUT2D eigenvalue weighted by Gasteiger charge is 2.08. The average molecular weight is 226 g/mol. The summed E-state index contributed by atoms with van der Waals surface area (Å²) in [5, 5.41) is 2.96. The molecule has 0 fully saturated rings. The van der Waals surface area contributed by atoms with Gasteiger partial charge in [-0.3, -0.25) is 4.79 Å².